The minimum Gasteiger partial charge on any atom is -0.463 e. The van der Waals surface area contributed by atoms with Gasteiger partial charge in [0.15, 0.2) is 0 Å². The van der Waals surface area contributed by atoms with Crippen LogP contribution in [-0.4, -0.2) is 67.2 Å². The summed E-state index contributed by atoms with van der Waals surface area (Å²) in [6.07, 6.45) is 0.925. The first-order chi connectivity index (χ1) is 9.56. The van der Waals surface area contributed by atoms with Crippen LogP contribution in [0.15, 0.2) is 0 Å². The van der Waals surface area contributed by atoms with E-state index in [-0.39, 0.29) is 0 Å². The molecule has 0 aliphatic heterocycles. The molecule has 7 nitrogen and oxygen atoms in total. The summed E-state index contributed by atoms with van der Waals surface area (Å²) in [6.45, 7) is 7.20. The summed E-state index contributed by atoms with van der Waals surface area (Å²) in [5, 5.41) is 3.11. The first-order valence-corrected chi connectivity index (χ1v) is 7.05. The van der Waals surface area contributed by atoms with Gasteiger partial charge in [0.1, 0.15) is 0 Å². The van der Waals surface area contributed by atoms with Crippen LogP contribution < -0.4 is 15.0 Å². The van der Waals surface area contributed by atoms with Crippen LogP contribution in [-0.2, 0) is 0 Å². The van der Waals surface area contributed by atoms with E-state index in [1.54, 1.807) is 0 Å². The van der Waals surface area contributed by atoms with Crippen LogP contribution in [0.4, 0.5) is 11.9 Å². The fraction of sp³-hybridized carbons (Fsp3) is 0.769. The molecule has 114 valence electrons. The highest BCUT2D eigenvalue weighted by atomic mass is 16.5. The van der Waals surface area contributed by atoms with E-state index in [9.17, 15) is 0 Å². The predicted octanol–water partition coefficient (Wildman–Crippen LogP) is 1.09. The van der Waals surface area contributed by atoms with Crippen molar-refractivity contribution in [2.24, 2.45) is 0 Å². The Labute approximate surface area is 121 Å². The van der Waals surface area contributed by atoms with Gasteiger partial charge in [0.05, 0.1) is 6.61 Å². The van der Waals surface area contributed by atoms with Crippen LogP contribution in [0.25, 0.3) is 0 Å². The third kappa shape index (κ3) is 5.56. The Morgan fingerprint density at radius 1 is 1.05 bits per heavy atom. The van der Waals surface area contributed by atoms with E-state index in [0.29, 0.717) is 24.5 Å². The van der Waals surface area contributed by atoms with Gasteiger partial charge in [0.25, 0.3) is 0 Å². The molecule has 0 bridgehead atoms. The lowest BCUT2D eigenvalue weighted by Gasteiger charge is -2.20. The Morgan fingerprint density at radius 2 is 1.80 bits per heavy atom. The second kappa shape index (κ2) is 8.52. The van der Waals surface area contributed by atoms with Crippen LogP contribution in [0.2, 0.25) is 0 Å². The van der Waals surface area contributed by atoms with E-state index in [2.05, 4.69) is 32.1 Å². The predicted molar refractivity (Wildman–Crippen MR) is 81.6 cm³/mol. The van der Waals surface area contributed by atoms with E-state index in [0.717, 1.165) is 26.1 Å². The summed E-state index contributed by atoms with van der Waals surface area (Å²) in [5.74, 6) is 1.18. The summed E-state index contributed by atoms with van der Waals surface area (Å²) in [7, 11) is 6.06. The fourth-order valence-electron chi connectivity index (χ4n) is 1.46. The Bertz CT molecular complexity index is 398. The maximum atomic E-state index is 5.52. The van der Waals surface area contributed by atoms with Crippen LogP contribution >= 0.6 is 0 Å². The molecular formula is C13H26N6O. The zero-order valence-corrected chi connectivity index (χ0v) is 13.2. The van der Waals surface area contributed by atoms with Crippen molar-refractivity contribution in [2.45, 2.75) is 20.3 Å². The van der Waals surface area contributed by atoms with Gasteiger partial charge in [-0.1, -0.05) is 6.92 Å². The Hall–Kier alpha value is -1.63. The van der Waals surface area contributed by atoms with E-state index in [1.807, 2.05) is 33.0 Å². The van der Waals surface area contributed by atoms with E-state index >= 15 is 0 Å². The van der Waals surface area contributed by atoms with Crippen LogP contribution in [0.1, 0.15) is 20.3 Å². The van der Waals surface area contributed by atoms with Crippen LogP contribution in [0.3, 0.4) is 0 Å². The molecule has 1 aromatic rings. The highest BCUT2D eigenvalue weighted by molar-refractivity contribution is 5.37. The summed E-state index contributed by atoms with van der Waals surface area (Å²) in [4.78, 5) is 17.1. The second-order valence-electron chi connectivity index (χ2n) is 4.85. The Balaban J connectivity index is 2.83. The minimum atomic E-state index is 0.379. The number of hydrogen-bond acceptors (Lipinski definition) is 7. The molecular weight excluding hydrogens is 256 g/mol. The topological polar surface area (TPSA) is 66.4 Å². The third-order valence-corrected chi connectivity index (χ3v) is 2.60. The molecule has 1 N–H and O–H groups in total. The maximum Gasteiger partial charge on any atom is 0.323 e. The standard InChI is InChI=1S/C13H26N6O/c1-6-10-20-13-16-11(14-7-2)15-12(17-13)19(5)9-8-18(3)4/h6-10H2,1-5H3,(H,14,15,16,17). The van der Waals surface area contributed by atoms with Gasteiger partial charge in [0.2, 0.25) is 11.9 Å². The molecule has 1 rings (SSSR count). The van der Waals surface area contributed by atoms with Gasteiger partial charge in [-0.2, -0.15) is 15.0 Å². The number of aromatic nitrogens is 3. The van der Waals surface area contributed by atoms with Crippen molar-refractivity contribution in [1.82, 2.24) is 19.9 Å². The van der Waals surface area contributed by atoms with Gasteiger partial charge in [-0.05, 0) is 27.4 Å². The number of nitrogens with one attached hydrogen (secondary N) is 1. The maximum absolute atomic E-state index is 5.52. The number of rotatable bonds is 9. The molecule has 0 spiro atoms. The van der Waals surface area contributed by atoms with Crippen molar-refractivity contribution in [2.75, 3.05) is 57.6 Å². The van der Waals surface area contributed by atoms with Gasteiger partial charge < -0.3 is 19.9 Å². The molecule has 0 amide bonds. The summed E-state index contributed by atoms with van der Waals surface area (Å²) in [5.41, 5.74) is 0. The molecule has 0 fully saturated rings. The number of anilines is 2. The second-order valence-corrected chi connectivity index (χ2v) is 4.85. The van der Waals surface area contributed by atoms with Crippen molar-refractivity contribution in [3.8, 4) is 6.01 Å². The zero-order chi connectivity index (χ0) is 15.0. The lowest BCUT2D eigenvalue weighted by molar-refractivity contribution is 0.292. The molecule has 0 saturated heterocycles. The molecule has 0 radical (unpaired) electrons. The van der Waals surface area contributed by atoms with Gasteiger partial charge >= 0.3 is 6.01 Å². The number of ether oxygens (including phenoxy) is 1. The molecule has 0 aromatic carbocycles. The molecule has 1 heterocycles. The quantitative estimate of drug-likeness (QED) is 0.727. The summed E-state index contributed by atoms with van der Waals surface area (Å²) >= 11 is 0. The summed E-state index contributed by atoms with van der Waals surface area (Å²) < 4.78 is 5.52. The lowest BCUT2D eigenvalue weighted by atomic mass is 10.5. The monoisotopic (exact) mass is 282 g/mol. The van der Waals surface area contributed by atoms with E-state index in [1.165, 1.54) is 0 Å². The minimum absolute atomic E-state index is 0.379. The summed E-state index contributed by atoms with van der Waals surface area (Å²) in [6, 6.07) is 0.379. The lowest BCUT2D eigenvalue weighted by Crippen LogP contribution is -2.30. The molecule has 7 heteroatoms. The highest BCUT2D eigenvalue weighted by Gasteiger charge is 2.11. The third-order valence-electron chi connectivity index (χ3n) is 2.60. The van der Waals surface area contributed by atoms with Crippen molar-refractivity contribution < 1.29 is 4.74 Å². The molecule has 0 atom stereocenters. The number of hydrogen-bond donors (Lipinski definition) is 1. The van der Waals surface area contributed by atoms with Crippen molar-refractivity contribution in [1.29, 1.82) is 0 Å². The number of nitrogens with zero attached hydrogens (tertiary/aromatic N) is 5. The van der Waals surface area contributed by atoms with E-state index in [4.69, 9.17) is 4.74 Å². The largest absolute Gasteiger partial charge is 0.463 e. The van der Waals surface area contributed by atoms with Gasteiger partial charge in [0, 0.05) is 26.7 Å². The van der Waals surface area contributed by atoms with Crippen LogP contribution in [0.5, 0.6) is 6.01 Å². The van der Waals surface area contributed by atoms with Crippen molar-refractivity contribution in [3.05, 3.63) is 0 Å². The van der Waals surface area contributed by atoms with Crippen molar-refractivity contribution in [3.63, 3.8) is 0 Å². The van der Waals surface area contributed by atoms with Gasteiger partial charge in [-0.15, -0.1) is 0 Å². The first-order valence-electron chi connectivity index (χ1n) is 7.05. The Kier molecular flexibility index (Phi) is 7.00. The average Bonchev–Trinajstić information content (AvgIpc) is 2.42. The first kappa shape index (κ1) is 16.4. The average molecular weight is 282 g/mol. The molecule has 0 aliphatic carbocycles. The highest BCUT2D eigenvalue weighted by Crippen LogP contribution is 2.14. The molecule has 0 unspecified atom stereocenters. The van der Waals surface area contributed by atoms with Gasteiger partial charge in [-0.25, -0.2) is 0 Å². The molecule has 0 saturated carbocycles. The smallest absolute Gasteiger partial charge is 0.323 e. The molecule has 0 aliphatic rings. The molecule has 20 heavy (non-hydrogen) atoms. The SMILES string of the molecule is CCCOc1nc(NCC)nc(N(C)CCN(C)C)n1. The fourth-order valence-corrected chi connectivity index (χ4v) is 1.46. The normalized spacial score (nSPS) is 10.7. The molecule has 1 aromatic heterocycles. The Morgan fingerprint density at radius 3 is 2.40 bits per heavy atom. The zero-order valence-electron chi connectivity index (χ0n) is 13.2. The number of likely N-dealkylation sites (N-methyl/N-ethyl adjacent to an activating group) is 2. The van der Waals surface area contributed by atoms with Gasteiger partial charge in [-0.3, -0.25) is 0 Å². The van der Waals surface area contributed by atoms with Crippen molar-refractivity contribution >= 4 is 11.9 Å². The van der Waals surface area contributed by atoms with Crippen LogP contribution in [0, 0.1) is 0 Å². The van der Waals surface area contributed by atoms with E-state index < -0.39 is 0 Å².